The second kappa shape index (κ2) is 6.95. The van der Waals surface area contributed by atoms with E-state index in [2.05, 4.69) is 10.6 Å². The van der Waals surface area contributed by atoms with Crippen molar-refractivity contribution < 1.29 is 14.3 Å². The molecule has 0 unspecified atom stereocenters. The van der Waals surface area contributed by atoms with E-state index in [1.54, 1.807) is 24.3 Å². The van der Waals surface area contributed by atoms with E-state index in [9.17, 15) is 9.59 Å². The number of amides is 2. The number of carbonyl (C=O) groups is 2. The summed E-state index contributed by atoms with van der Waals surface area (Å²) in [5.41, 5.74) is 1.88. The molecule has 0 saturated carbocycles. The molecule has 0 aromatic heterocycles. The molecular weight excluding hydrogens is 304 g/mol. The van der Waals surface area contributed by atoms with Gasteiger partial charge in [-0.25, -0.2) is 0 Å². The Morgan fingerprint density at radius 2 is 1.73 bits per heavy atom. The molecule has 0 fully saturated rings. The predicted octanol–water partition coefficient (Wildman–Crippen LogP) is 3.23. The van der Waals surface area contributed by atoms with Gasteiger partial charge in [0.1, 0.15) is 5.75 Å². The fraction of sp³-hybridized carbons (Fsp3) is 0.125. The minimum atomic E-state index is -0.774. The maximum Gasteiger partial charge on any atom is 0.314 e. The minimum Gasteiger partial charge on any atom is -0.495 e. The van der Waals surface area contributed by atoms with Gasteiger partial charge in [-0.1, -0.05) is 29.8 Å². The first-order valence-corrected chi connectivity index (χ1v) is 6.90. The smallest absolute Gasteiger partial charge is 0.314 e. The van der Waals surface area contributed by atoms with E-state index in [-0.39, 0.29) is 0 Å². The van der Waals surface area contributed by atoms with Crippen molar-refractivity contribution in [1.29, 1.82) is 0 Å². The van der Waals surface area contributed by atoms with Crippen LogP contribution in [0.25, 0.3) is 0 Å². The Kier molecular flexibility index (Phi) is 5.01. The lowest BCUT2D eigenvalue weighted by atomic mass is 10.2. The molecule has 2 N–H and O–H groups in total. The zero-order valence-electron chi connectivity index (χ0n) is 12.1. The lowest BCUT2D eigenvalue weighted by molar-refractivity contribution is -0.133. The number of methoxy groups -OCH3 is 1. The quantitative estimate of drug-likeness (QED) is 0.854. The molecule has 22 heavy (non-hydrogen) atoms. The van der Waals surface area contributed by atoms with E-state index in [4.69, 9.17) is 16.3 Å². The number of para-hydroxylation sites is 1. The highest BCUT2D eigenvalue weighted by Crippen LogP contribution is 2.27. The number of hydrogen-bond donors (Lipinski definition) is 2. The molecule has 0 saturated heterocycles. The molecule has 6 heteroatoms. The first kappa shape index (κ1) is 15.9. The molecule has 0 atom stereocenters. The molecular formula is C16H15ClN2O3. The van der Waals surface area contributed by atoms with Gasteiger partial charge in [-0.3, -0.25) is 9.59 Å². The predicted molar refractivity (Wildman–Crippen MR) is 86.4 cm³/mol. The van der Waals surface area contributed by atoms with Gasteiger partial charge in [0.2, 0.25) is 0 Å². The fourth-order valence-electron chi connectivity index (χ4n) is 1.82. The summed E-state index contributed by atoms with van der Waals surface area (Å²) in [6, 6.07) is 11.9. The molecule has 5 nitrogen and oxygen atoms in total. The summed E-state index contributed by atoms with van der Waals surface area (Å²) in [5.74, 6) is -1.03. The van der Waals surface area contributed by atoms with Crippen LogP contribution in [0.15, 0.2) is 42.5 Å². The highest BCUT2D eigenvalue weighted by atomic mass is 35.5. The minimum absolute atomic E-state index is 0.347. The van der Waals surface area contributed by atoms with Crippen LogP contribution >= 0.6 is 11.6 Å². The molecule has 0 bridgehead atoms. The molecule has 0 aliphatic heterocycles. The van der Waals surface area contributed by atoms with Crippen LogP contribution in [0.4, 0.5) is 11.4 Å². The van der Waals surface area contributed by atoms with E-state index in [1.165, 1.54) is 13.2 Å². The van der Waals surface area contributed by atoms with Gasteiger partial charge in [-0.2, -0.15) is 0 Å². The monoisotopic (exact) mass is 318 g/mol. The Hall–Kier alpha value is -2.53. The average molecular weight is 319 g/mol. The molecule has 2 aromatic rings. The maximum atomic E-state index is 11.9. The Labute approximate surface area is 133 Å². The van der Waals surface area contributed by atoms with Gasteiger partial charge in [0.15, 0.2) is 0 Å². The van der Waals surface area contributed by atoms with Crippen molar-refractivity contribution in [1.82, 2.24) is 0 Å². The Morgan fingerprint density at radius 3 is 2.36 bits per heavy atom. The van der Waals surface area contributed by atoms with Crippen molar-refractivity contribution in [2.75, 3.05) is 17.7 Å². The van der Waals surface area contributed by atoms with Crippen molar-refractivity contribution in [2.24, 2.45) is 0 Å². The molecule has 2 aromatic carbocycles. The Balaban J connectivity index is 2.04. The average Bonchev–Trinajstić information content (AvgIpc) is 2.49. The number of anilines is 2. The lowest BCUT2D eigenvalue weighted by Crippen LogP contribution is -2.29. The van der Waals surface area contributed by atoms with E-state index >= 15 is 0 Å². The second-order valence-electron chi connectivity index (χ2n) is 4.57. The molecule has 2 amide bonds. The van der Waals surface area contributed by atoms with Crippen LogP contribution in [0.1, 0.15) is 5.56 Å². The van der Waals surface area contributed by atoms with Crippen LogP contribution in [-0.4, -0.2) is 18.9 Å². The Morgan fingerprint density at radius 1 is 1.05 bits per heavy atom. The number of hydrogen-bond acceptors (Lipinski definition) is 3. The van der Waals surface area contributed by atoms with Crippen LogP contribution in [0.5, 0.6) is 5.75 Å². The van der Waals surface area contributed by atoms with Crippen LogP contribution in [0.3, 0.4) is 0 Å². The van der Waals surface area contributed by atoms with Crippen LogP contribution in [0, 0.1) is 6.92 Å². The second-order valence-corrected chi connectivity index (χ2v) is 4.98. The normalized spacial score (nSPS) is 9.95. The van der Waals surface area contributed by atoms with Crippen molar-refractivity contribution >= 4 is 34.8 Å². The van der Waals surface area contributed by atoms with Crippen LogP contribution in [0.2, 0.25) is 5.02 Å². The van der Waals surface area contributed by atoms with Crippen molar-refractivity contribution in [3.63, 3.8) is 0 Å². The molecule has 0 heterocycles. The summed E-state index contributed by atoms with van der Waals surface area (Å²) >= 11 is 5.97. The third kappa shape index (κ3) is 3.77. The van der Waals surface area contributed by atoms with E-state index < -0.39 is 11.8 Å². The highest BCUT2D eigenvalue weighted by molar-refractivity contribution is 6.43. The topological polar surface area (TPSA) is 67.4 Å². The highest BCUT2D eigenvalue weighted by Gasteiger charge is 2.15. The third-order valence-corrected chi connectivity index (χ3v) is 3.30. The van der Waals surface area contributed by atoms with Gasteiger partial charge < -0.3 is 15.4 Å². The number of ether oxygens (including phenoxy) is 1. The molecule has 2 rings (SSSR count). The zero-order chi connectivity index (χ0) is 16.1. The molecule has 0 radical (unpaired) electrons. The van der Waals surface area contributed by atoms with Crippen molar-refractivity contribution in [3.05, 3.63) is 53.1 Å². The summed E-state index contributed by atoms with van der Waals surface area (Å²) in [4.78, 5) is 23.8. The number of nitrogens with one attached hydrogen (secondary N) is 2. The van der Waals surface area contributed by atoms with Crippen molar-refractivity contribution in [3.8, 4) is 5.75 Å². The summed E-state index contributed by atoms with van der Waals surface area (Å²) < 4.78 is 5.02. The number of halogens is 1. The number of carbonyl (C=O) groups excluding carboxylic acids is 2. The van der Waals surface area contributed by atoms with Crippen molar-refractivity contribution in [2.45, 2.75) is 6.92 Å². The summed E-state index contributed by atoms with van der Waals surface area (Å²) in [6.45, 7) is 1.84. The van der Waals surface area contributed by atoms with E-state index in [0.29, 0.717) is 22.1 Å². The summed E-state index contributed by atoms with van der Waals surface area (Å²) in [7, 11) is 1.50. The molecule has 0 aliphatic rings. The molecule has 0 spiro atoms. The fourth-order valence-corrected chi connectivity index (χ4v) is 2.08. The van der Waals surface area contributed by atoms with Gasteiger partial charge in [-0.05, 0) is 36.8 Å². The number of rotatable bonds is 3. The maximum absolute atomic E-state index is 11.9. The van der Waals surface area contributed by atoms with E-state index in [1.807, 2.05) is 19.1 Å². The van der Waals surface area contributed by atoms with Gasteiger partial charge >= 0.3 is 11.8 Å². The number of aryl methyl sites for hydroxylation is 1. The van der Waals surface area contributed by atoms with Crippen LogP contribution < -0.4 is 15.4 Å². The standard InChI is InChI=1S/C16H15ClN2O3/c1-10-5-3-4-6-13(10)19-16(21)15(20)18-11-7-8-14(22-2)12(17)9-11/h3-9H,1-2H3,(H,18,20)(H,19,21). The van der Waals surface area contributed by atoms with Gasteiger partial charge in [0, 0.05) is 11.4 Å². The first-order valence-electron chi connectivity index (χ1n) is 6.52. The first-order chi connectivity index (χ1) is 10.5. The van der Waals surface area contributed by atoms with E-state index in [0.717, 1.165) is 5.56 Å². The largest absolute Gasteiger partial charge is 0.495 e. The zero-order valence-corrected chi connectivity index (χ0v) is 12.9. The molecule has 114 valence electrons. The van der Waals surface area contributed by atoms with Gasteiger partial charge in [0.05, 0.1) is 12.1 Å². The lowest BCUT2D eigenvalue weighted by Gasteiger charge is -2.09. The Bertz CT molecular complexity index is 716. The number of benzene rings is 2. The van der Waals surface area contributed by atoms with Crippen LogP contribution in [-0.2, 0) is 9.59 Å². The summed E-state index contributed by atoms with van der Waals surface area (Å²) in [5, 5.41) is 5.39. The molecule has 0 aliphatic carbocycles. The SMILES string of the molecule is COc1ccc(NC(=O)C(=O)Nc2ccccc2C)cc1Cl. The van der Waals surface area contributed by atoms with Gasteiger partial charge in [0.25, 0.3) is 0 Å². The third-order valence-electron chi connectivity index (χ3n) is 3.01. The van der Waals surface area contributed by atoms with Gasteiger partial charge in [-0.15, -0.1) is 0 Å². The summed E-state index contributed by atoms with van der Waals surface area (Å²) in [6.07, 6.45) is 0.